The molecule has 0 radical (unpaired) electrons. The van der Waals surface area contributed by atoms with E-state index < -0.39 is 5.97 Å². The number of benzene rings is 2. The number of rotatable bonds is 12. The number of hydrogen-bond acceptors (Lipinski definition) is 4. The highest BCUT2D eigenvalue weighted by molar-refractivity contribution is 5.81. The van der Waals surface area contributed by atoms with Crippen LogP contribution in [0.4, 0.5) is 0 Å². The maximum Gasteiger partial charge on any atom is 0.308 e. The Bertz CT molecular complexity index is 848. The second-order valence-corrected chi connectivity index (χ2v) is 7.65. The van der Waals surface area contributed by atoms with E-state index in [0.29, 0.717) is 19.4 Å². The van der Waals surface area contributed by atoms with Gasteiger partial charge in [0.2, 0.25) is 5.91 Å². The van der Waals surface area contributed by atoms with E-state index in [1.165, 1.54) is 0 Å². The highest BCUT2D eigenvalue weighted by atomic mass is 16.5. The van der Waals surface area contributed by atoms with Gasteiger partial charge < -0.3 is 15.2 Å². The van der Waals surface area contributed by atoms with Gasteiger partial charge in [0.25, 0.3) is 0 Å². The topological polar surface area (TPSA) is 92.7 Å². The van der Waals surface area contributed by atoms with E-state index in [9.17, 15) is 14.4 Å². The summed E-state index contributed by atoms with van der Waals surface area (Å²) in [6.45, 7) is 3.85. The van der Waals surface area contributed by atoms with Crippen LogP contribution in [0, 0.1) is 5.92 Å². The lowest BCUT2D eigenvalue weighted by Gasteiger charge is -2.22. The van der Waals surface area contributed by atoms with Gasteiger partial charge in [-0.05, 0) is 42.9 Å². The van der Waals surface area contributed by atoms with Gasteiger partial charge in [0.1, 0.15) is 0 Å². The summed E-state index contributed by atoms with van der Waals surface area (Å²) in [5.74, 6) is -1.97. The summed E-state index contributed by atoms with van der Waals surface area (Å²) in [5.41, 5.74) is 3.42. The number of hydrogen-bond donors (Lipinski definition) is 2. The van der Waals surface area contributed by atoms with Crippen LogP contribution in [0.3, 0.4) is 0 Å². The normalized spacial score (nSPS) is 12.6. The summed E-state index contributed by atoms with van der Waals surface area (Å²) in [5, 5.41) is 11.7. The lowest BCUT2D eigenvalue weighted by molar-refractivity contribution is -0.148. The second-order valence-electron chi connectivity index (χ2n) is 7.65. The molecule has 2 atom stereocenters. The molecule has 0 aliphatic heterocycles. The van der Waals surface area contributed by atoms with Crippen LogP contribution in [0.2, 0.25) is 0 Å². The molecule has 2 aromatic carbocycles. The maximum atomic E-state index is 12.2. The zero-order chi connectivity index (χ0) is 22.6. The Balaban J connectivity index is 1.99. The van der Waals surface area contributed by atoms with Gasteiger partial charge in [-0.2, -0.15) is 0 Å². The van der Waals surface area contributed by atoms with Crippen LogP contribution >= 0.6 is 0 Å². The predicted octanol–water partition coefficient (Wildman–Crippen LogP) is 4.23. The van der Waals surface area contributed by atoms with Gasteiger partial charge in [-0.25, -0.2) is 0 Å². The van der Waals surface area contributed by atoms with Crippen LogP contribution < -0.4 is 5.32 Å². The van der Waals surface area contributed by atoms with Gasteiger partial charge in [0, 0.05) is 12.5 Å². The van der Waals surface area contributed by atoms with Crippen LogP contribution in [-0.4, -0.2) is 35.6 Å². The summed E-state index contributed by atoms with van der Waals surface area (Å²) in [7, 11) is 0. The third-order valence-corrected chi connectivity index (χ3v) is 5.10. The number of nitrogens with one attached hydrogen (secondary N) is 1. The van der Waals surface area contributed by atoms with Crippen molar-refractivity contribution in [1.29, 1.82) is 0 Å². The third-order valence-electron chi connectivity index (χ3n) is 5.10. The maximum absolute atomic E-state index is 12.2. The molecule has 0 saturated carbocycles. The number of aryl methyl sites for hydroxylation is 1. The van der Waals surface area contributed by atoms with Crippen LogP contribution in [0.15, 0.2) is 54.6 Å². The Kier molecular flexibility index (Phi) is 9.75. The van der Waals surface area contributed by atoms with Crippen molar-refractivity contribution in [3.8, 4) is 11.1 Å². The third kappa shape index (κ3) is 8.62. The van der Waals surface area contributed by atoms with Crippen LogP contribution in [0.5, 0.6) is 0 Å². The number of amides is 1. The molecule has 0 spiro atoms. The molecule has 6 nitrogen and oxygen atoms in total. The largest absolute Gasteiger partial charge is 0.481 e. The minimum atomic E-state index is -1.01. The molecule has 0 fully saturated rings. The molecule has 0 aliphatic rings. The van der Waals surface area contributed by atoms with E-state index in [2.05, 4.69) is 41.7 Å². The number of aliphatic carboxylic acids is 1. The predicted molar refractivity (Wildman–Crippen MR) is 119 cm³/mol. The molecule has 1 amide bonds. The van der Waals surface area contributed by atoms with Crippen molar-refractivity contribution in [2.75, 3.05) is 6.61 Å². The molecule has 0 unspecified atom stereocenters. The van der Waals surface area contributed by atoms with Gasteiger partial charge >= 0.3 is 11.9 Å². The number of carboxylic acids is 1. The van der Waals surface area contributed by atoms with Gasteiger partial charge in [-0.1, -0.05) is 61.5 Å². The van der Waals surface area contributed by atoms with E-state index >= 15 is 0 Å². The number of carbonyl (C=O) groups is 3. The smallest absolute Gasteiger partial charge is 0.308 e. The van der Waals surface area contributed by atoms with Crippen molar-refractivity contribution in [3.05, 3.63) is 60.2 Å². The van der Waals surface area contributed by atoms with E-state index in [1.807, 2.05) is 18.2 Å². The highest BCUT2D eigenvalue weighted by Crippen LogP contribution is 2.21. The molecular weight excluding hydrogens is 394 g/mol. The van der Waals surface area contributed by atoms with E-state index in [4.69, 9.17) is 9.84 Å². The Labute approximate surface area is 183 Å². The van der Waals surface area contributed by atoms with Crippen molar-refractivity contribution in [3.63, 3.8) is 0 Å². The van der Waals surface area contributed by atoms with Crippen molar-refractivity contribution >= 4 is 17.8 Å². The van der Waals surface area contributed by atoms with Crippen molar-refractivity contribution < 1.29 is 24.2 Å². The number of ether oxygens (including phenoxy) is 1. The minimum Gasteiger partial charge on any atom is -0.481 e. The Morgan fingerprint density at radius 2 is 1.61 bits per heavy atom. The first-order valence-electron chi connectivity index (χ1n) is 10.7. The molecular formula is C25H31NO5. The summed E-state index contributed by atoms with van der Waals surface area (Å²) >= 11 is 0. The summed E-state index contributed by atoms with van der Waals surface area (Å²) in [4.78, 5) is 34.9. The van der Waals surface area contributed by atoms with E-state index in [0.717, 1.165) is 23.1 Å². The number of carboxylic acid groups (broad SMARTS) is 1. The Hall–Kier alpha value is -3.15. The molecule has 31 heavy (non-hydrogen) atoms. The molecule has 6 heteroatoms. The second kappa shape index (κ2) is 12.5. The summed E-state index contributed by atoms with van der Waals surface area (Å²) in [6.07, 6.45) is 1.53. The first kappa shape index (κ1) is 24.1. The van der Waals surface area contributed by atoms with Crippen molar-refractivity contribution in [1.82, 2.24) is 5.32 Å². The van der Waals surface area contributed by atoms with Crippen molar-refractivity contribution in [2.45, 2.75) is 52.0 Å². The van der Waals surface area contributed by atoms with Gasteiger partial charge in [-0.3, -0.25) is 14.4 Å². The lowest BCUT2D eigenvalue weighted by atomic mass is 9.95. The fraction of sp³-hybridized carbons (Fsp3) is 0.400. The minimum absolute atomic E-state index is 0.0780. The zero-order valence-corrected chi connectivity index (χ0v) is 18.2. The fourth-order valence-corrected chi connectivity index (χ4v) is 3.41. The van der Waals surface area contributed by atoms with E-state index in [-0.39, 0.29) is 36.7 Å². The first-order chi connectivity index (χ1) is 14.9. The average molecular weight is 426 g/mol. The fourth-order valence-electron chi connectivity index (χ4n) is 3.41. The van der Waals surface area contributed by atoms with Crippen LogP contribution in [0.1, 0.15) is 45.1 Å². The average Bonchev–Trinajstić information content (AvgIpc) is 2.77. The molecule has 166 valence electrons. The molecule has 0 bridgehead atoms. The zero-order valence-electron chi connectivity index (χ0n) is 18.2. The number of esters is 1. The first-order valence-corrected chi connectivity index (χ1v) is 10.7. The molecule has 0 aliphatic carbocycles. The standard InChI is InChI=1S/C25H31NO5/c1-3-31-25(30)18(2)17-22(26-23(27)15-16-24(28)29)14-11-19-9-12-21(13-10-19)20-7-5-4-6-8-20/h4-10,12-13,18,22H,3,11,14-17H2,1-2H3,(H,26,27)(H,28,29)/t18-,22-/m1/s1. The quantitative estimate of drug-likeness (QED) is 0.497. The van der Waals surface area contributed by atoms with Gasteiger partial charge in [0.05, 0.1) is 18.9 Å². The highest BCUT2D eigenvalue weighted by Gasteiger charge is 2.21. The molecule has 2 rings (SSSR count). The molecule has 2 N–H and O–H groups in total. The molecule has 0 aromatic heterocycles. The number of carbonyl (C=O) groups excluding carboxylic acids is 2. The molecule has 2 aromatic rings. The van der Waals surface area contributed by atoms with Crippen LogP contribution in [-0.2, 0) is 25.5 Å². The summed E-state index contributed by atoms with van der Waals surface area (Å²) in [6, 6.07) is 18.2. The molecule has 0 saturated heterocycles. The van der Waals surface area contributed by atoms with Crippen LogP contribution in [0.25, 0.3) is 11.1 Å². The SMILES string of the molecule is CCOC(=O)[C@H](C)C[C@@H](CCc1ccc(-c2ccccc2)cc1)NC(=O)CCC(=O)O. The van der Waals surface area contributed by atoms with Crippen molar-refractivity contribution in [2.24, 2.45) is 5.92 Å². The summed E-state index contributed by atoms with van der Waals surface area (Å²) < 4.78 is 5.08. The Morgan fingerprint density at radius 3 is 2.23 bits per heavy atom. The van der Waals surface area contributed by atoms with E-state index in [1.54, 1.807) is 13.8 Å². The van der Waals surface area contributed by atoms with Gasteiger partial charge in [-0.15, -0.1) is 0 Å². The molecule has 0 heterocycles. The van der Waals surface area contributed by atoms with Gasteiger partial charge in [0.15, 0.2) is 0 Å². The Morgan fingerprint density at radius 1 is 0.968 bits per heavy atom. The monoisotopic (exact) mass is 425 g/mol. The lowest BCUT2D eigenvalue weighted by Crippen LogP contribution is -2.37.